The zero-order valence-electron chi connectivity index (χ0n) is 18.5. The fourth-order valence-corrected chi connectivity index (χ4v) is 3.79. The van der Waals surface area contributed by atoms with Crippen molar-refractivity contribution < 1.29 is 9.53 Å². The van der Waals surface area contributed by atoms with Crippen molar-refractivity contribution in [3.63, 3.8) is 0 Å². The van der Waals surface area contributed by atoms with Gasteiger partial charge in [0.05, 0.1) is 24.2 Å². The van der Waals surface area contributed by atoms with Gasteiger partial charge in [0.2, 0.25) is 5.95 Å². The Labute approximate surface area is 200 Å². The van der Waals surface area contributed by atoms with Crippen LogP contribution in [0.15, 0.2) is 48.7 Å². The van der Waals surface area contributed by atoms with Gasteiger partial charge < -0.3 is 15.4 Å². The van der Waals surface area contributed by atoms with E-state index in [0.717, 1.165) is 34.0 Å². The van der Waals surface area contributed by atoms with Crippen molar-refractivity contribution in [3.05, 3.63) is 65.1 Å². The van der Waals surface area contributed by atoms with E-state index in [0.29, 0.717) is 35.6 Å². The number of amides is 1. The lowest BCUT2D eigenvalue weighted by Crippen LogP contribution is -2.25. The number of H-pyrrole nitrogens is 1. The molecular weight excluding hydrogens is 456 g/mol. The topological polar surface area (TPSA) is 121 Å². The van der Waals surface area contributed by atoms with Crippen LogP contribution in [0.25, 0.3) is 11.4 Å². The van der Waals surface area contributed by atoms with Crippen molar-refractivity contribution in [1.82, 2.24) is 25.1 Å². The van der Waals surface area contributed by atoms with Gasteiger partial charge in [-0.25, -0.2) is 14.8 Å². The van der Waals surface area contributed by atoms with E-state index in [1.165, 1.54) is 11.1 Å². The van der Waals surface area contributed by atoms with E-state index in [-0.39, 0.29) is 6.09 Å². The van der Waals surface area contributed by atoms with Gasteiger partial charge in [0.1, 0.15) is 10.8 Å². The molecule has 0 saturated carbocycles. The SMILES string of the molecule is Cc1nc(-c2ccccc2Nc2nc(Nc3ccc4c(c3)CCOC(=O)N4C)ncc2Cl)n[nH]1. The van der Waals surface area contributed by atoms with E-state index in [2.05, 4.69) is 35.8 Å². The molecule has 2 aromatic carbocycles. The maximum absolute atomic E-state index is 11.9. The van der Waals surface area contributed by atoms with E-state index in [9.17, 15) is 4.79 Å². The molecule has 0 spiro atoms. The van der Waals surface area contributed by atoms with Gasteiger partial charge in [0, 0.05) is 24.7 Å². The lowest BCUT2D eigenvalue weighted by molar-refractivity contribution is 0.159. The Hall–Kier alpha value is -4.18. The number of carbonyl (C=O) groups is 1. The normalized spacial score (nSPS) is 13.1. The fourth-order valence-electron chi connectivity index (χ4n) is 3.66. The van der Waals surface area contributed by atoms with Crippen LogP contribution in [-0.2, 0) is 11.2 Å². The van der Waals surface area contributed by atoms with Crippen molar-refractivity contribution >= 4 is 46.5 Å². The zero-order valence-corrected chi connectivity index (χ0v) is 19.2. The molecule has 0 fully saturated rings. The average Bonchev–Trinajstić information content (AvgIpc) is 3.21. The van der Waals surface area contributed by atoms with Crippen LogP contribution in [0.3, 0.4) is 0 Å². The van der Waals surface area contributed by atoms with Crippen LogP contribution in [0.1, 0.15) is 11.4 Å². The number of aryl methyl sites for hydroxylation is 1. The highest BCUT2D eigenvalue weighted by Crippen LogP contribution is 2.32. The minimum absolute atomic E-state index is 0.328. The molecule has 0 saturated heterocycles. The van der Waals surface area contributed by atoms with Gasteiger partial charge in [-0.1, -0.05) is 23.7 Å². The summed E-state index contributed by atoms with van der Waals surface area (Å²) in [7, 11) is 1.69. The fraction of sp³-hybridized carbons (Fsp3) is 0.174. The molecule has 0 aliphatic carbocycles. The first kappa shape index (κ1) is 21.7. The van der Waals surface area contributed by atoms with Crippen molar-refractivity contribution in [2.24, 2.45) is 0 Å². The number of hydrogen-bond donors (Lipinski definition) is 3. The molecule has 3 heterocycles. The summed E-state index contributed by atoms with van der Waals surface area (Å²) < 4.78 is 5.19. The molecular formula is C23H21ClN8O2. The number of fused-ring (bicyclic) bond motifs is 1. The summed E-state index contributed by atoms with van der Waals surface area (Å²) in [5.41, 5.74) is 4.15. The Morgan fingerprint density at radius 2 is 2.00 bits per heavy atom. The quantitative estimate of drug-likeness (QED) is 0.374. The predicted molar refractivity (Wildman–Crippen MR) is 130 cm³/mol. The maximum Gasteiger partial charge on any atom is 0.414 e. The molecule has 2 aromatic heterocycles. The third-order valence-corrected chi connectivity index (χ3v) is 5.61. The Balaban J connectivity index is 1.41. The molecule has 0 atom stereocenters. The Kier molecular flexibility index (Phi) is 5.72. The van der Waals surface area contributed by atoms with E-state index in [1.54, 1.807) is 7.05 Å². The van der Waals surface area contributed by atoms with Gasteiger partial charge in [-0.05, 0) is 42.8 Å². The van der Waals surface area contributed by atoms with Crippen LogP contribution in [0.5, 0.6) is 0 Å². The number of ether oxygens (including phenoxy) is 1. The first-order valence-corrected chi connectivity index (χ1v) is 10.9. The second-order valence-electron chi connectivity index (χ2n) is 7.70. The van der Waals surface area contributed by atoms with Crippen LogP contribution >= 0.6 is 11.6 Å². The molecule has 0 bridgehead atoms. The second-order valence-corrected chi connectivity index (χ2v) is 8.10. The molecule has 5 rings (SSSR count). The van der Waals surface area contributed by atoms with Gasteiger partial charge in [-0.3, -0.25) is 10.00 Å². The van der Waals surface area contributed by atoms with Gasteiger partial charge in [0.25, 0.3) is 0 Å². The third kappa shape index (κ3) is 4.35. The zero-order chi connectivity index (χ0) is 23.7. The largest absolute Gasteiger partial charge is 0.449 e. The smallest absolute Gasteiger partial charge is 0.414 e. The number of carbonyl (C=O) groups excluding carboxylic acids is 1. The lowest BCUT2D eigenvalue weighted by Gasteiger charge is -2.17. The van der Waals surface area contributed by atoms with Crippen LogP contribution in [0, 0.1) is 6.92 Å². The van der Waals surface area contributed by atoms with Crippen molar-refractivity contribution in [1.29, 1.82) is 0 Å². The molecule has 0 unspecified atom stereocenters. The molecule has 1 aliphatic heterocycles. The maximum atomic E-state index is 11.9. The molecule has 1 aliphatic rings. The highest BCUT2D eigenvalue weighted by molar-refractivity contribution is 6.33. The summed E-state index contributed by atoms with van der Waals surface area (Å²) in [6.45, 7) is 2.17. The van der Waals surface area contributed by atoms with Gasteiger partial charge in [0.15, 0.2) is 11.6 Å². The number of nitrogens with zero attached hydrogens (tertiary/aromatic N) is 5. The number of hydrogen-bond acceptors (Lipinski definition) is 8. The Morgan fingerprint density at radius 3 is 2.82 bits per heavy atom. The van der Waals surface area contributed by atoms with E-state index in [1.807, 2.05) is 49.4 Å². The summed E-state index contributed by atoms with van der Waals surface area (Å²) in [6.07, 6.45) is 1.78. The van der Waals surface area contributed by atoms with Crippen LogP contribution in [-0.4, -0.2) is 44.9 Å². The number of benzene rings is 2. The first-order valence-electron chi connectivity index (χ1n) is 10.6. The van der Waals surface area contributed by atoms with E-state index in [4.69, 9.17) is 16.3 Å². The summed E-state index contributed by atoms with van der Waals surface area (Å²) in [6, 6.07) is 13.3. The van der Waals surface area contributed by atoms with Crippen molar-refractivity contribution in [2.75, 3.05) is 29.2 Å². The molecule has 11 heteroatoms. The number of aromatic nitrogens is 5. The summed E-state index contributed by atoms with van der Waals surface area (Å²) in [4.78, 5) is 26.7. The number of rotatable bonds is 5. The third-order valence-electron chi connectivity index (χ3n) is 5.33. The number of aromatic amines is 1. The number of para-hydroxylation sites is 1. The number of halogens is 1. The van der Waals surface area contributed by atoms with Crippen molar-refractivity contribution in [3.8, 4) is 11.4 Å². The molecule has 0 radical (unpaired) electrons. The highest BCUT2D eigenvalue weighted by Gasteiger charge is 2.20. The minimum Gasteiger partial charge on any atom is -0.449 e. The van der Waals surface area contributed by atoms with Gasteiger partial charge in [-0.15, -0.1) is 0 Å². The summed E-state index contributed by atoms with van der Waals surface area (Å²) >= 11 is 6.39. The lowest BCUT2D eigenvalue weighted by atomic mass is 10.1. The summed E-state index contributed by atoms with van der Waals surface area (Å²) in [5, 5.41) is 13.9. The number of anilines is 5. The van der Waals surface area contributed by atoms with Crippen LogP contribution < -0.4 is 15.5 Å². The minimum atomic E-state index is -0.364. The Bertz CT molecular complexity index is 1370. The molecule has 3 N–H and O–H groups in total. The van der Waals surface area contributed by atoms with Crippen LogP contribution in [0.4, 0.5) is 33.6 Å². The molecule has 10 nitrogen and oxygen atoms in total. The Morgan fingerprint density at radius 1 is 1.15 bits per heavy atom. The highest BCUT2D eigenvalue weighted by atomic mass is 35.5. The van der Waals surface area contributed by atoms with Crippen molar-refractivity contribution in [2.45, 2.75) is 13.3 Å². The van der Waals surface area contributed by atoms with Crippen LogP contribution in [0.2, 0.25) is 5.02 Å². The van der Waals surface area contributed by atoms with E-state index < -0.39 is 0 Å². The predicted octanol–water partition coefficient (Wildman–Crippen LogP) is 4.84. The monoisotopic (exact) mass is 476 g/mol. The number of cyclic esters (lactones) is 1. The number of nitrogens with one attached hydrogen (secondary N) is 3. The standard InChI is InChI=1S/C23H21ClN8O2/c1-13-26-20(31-30-13)16-5-3-4-6-18(16)28-21-17(24)12-25-22(29-21)27-15-7-8-19-14(11-15)9-10-34-23(33)32(19)2/h3-8,11-12H,9-10H2,1-2H3,(H,26,30,31)(H2,25,27,28,29). The van der Waals surface area contributed by atoms with Gasteiger partial charge >= 0.3 is 6.09 Å². The average molecular weight is 477 g/mol. The first-order chi connectivity index (χ1) is 16.5. The second kappa shape index (κ2) is 8.99. The molecule has 4 aromatic rings. The van der Waals surface area contributed by atoms with Gasteiger partial charge in [-0.2, -0.15) is 10.1 Å². The molecule has 34 heavy (non-hydrogen) atoms. The summed E-state index contributed by atoms with van der Waals surface area (Å²) in [5.74, 6) is 2.10. The molecule has 1 amide bonds. The van der Waals surface area contributed by atoms with E-state index >= 15 is 0 Å². The molecule has 172 valence electrons.